The summed E-state index contributed by atoms with van der Waals surface area (Å²) in [5.41, 5.74) is 2.11. The summed E-state index contributed by atoms with van der Waals surface area (Å²) in [7, 11) is 0. The van der Waals surface area contributed by atoms with Crippen molar-refractivity contribution in [2.24, 2.45) is 0 Å². The minimum atomic E-state index is -0.351. The standard InChI is InChI=1S/C23H38N2O2/c1-3-4-5-6-7-9-13-21-14-12-15-22(18-21)24-23(26)27-20(2)19-25-16-10-8-11-17-25/h12,14-15,18,20H,3-11,13,16-17,19H2,1-2H3,(H,24,26)/t20-/m0/s1. The Hall–Kier alpha value is -1.55. The lowest BCUT2D eigenvalue weighted by atomic mass is 10.0. The van der Waals surface area contributed by atoms with Gasteiger partial charge in [0, 0.05) is 12.2 Å². The van der Waals surface area contributed by atoms with Gasteiger partial charge in [-0.25, -0.2) is 4.79 Å². The average molecular weight is 375 g/mol. The van der Waals surface area contributed by atoms with Crippen LogP contribution in [-0.2, 0) is 11.2 Å². The second-order valence-corrected chi connectivity index (χ2v) is 7.92. The Morgan fingerprint density at radius 1 is 1.11 bits per heavy atom. The molecule has 1 aliphatic rings. The Morgan fingerprint density at radius 3 is 2.63 bits per heavy atom. The van der Waals surface area contributed by atoms with Gasteiger partial charge in [-0.05, 0) is 63.4 Å². The van der Waals surface area contributed by atoms with Crippen LogP contribution in [0.5, 0.6) is 0 Å². The molecule has 1 heterocycles. The number of aryl methyl sites for hydroxylation is 1. The van der Waals surface area contributed by atoms with Gasteiger partial charge in [0.15, 0.2) is 0 Å². The molecule has 1 N–H and O–H groups in total. The molecule has 1 fully saturated rings. The quantitative estimate of drug-likeness (QED) is 0.482. The van der Waals surface area contributed by atoms with Crippen molar-refractivity contribution >= 4 is 11.8 Å². The number of carbonyl (C=O) groups excluding carboxylic acids is 1. The first-order chi connectivity index (χ1) is 13.2. The number of anilines is 1. The normalized spacial score (nSPS) is 16.1. The van der Waals surface area contributed by atoms with Gasteiger partial charge >= 0.3 is 6.09 Å². The van der Waals surface area contributed by atoms with Crippen LogP contribution in [0.4, 0.5) is 10.5 Å². The second-order valence-electron chi connectivity index (χ2n) is 7.92. The lowest BCUT2D eigenvalue weighted by Crippen LogP contribution is -2.37. The fraction of sp³-hybridized carbons (Fsp3) is 0.696. The van der Waals surface area contributed by atoms with Crippen molar-refractivity contribution in [1.29, 1.82) is 0 Å². The molecule has 1 aromatic rings. The van der Waals surface area contributed by atoms with Crippen LogP contribution in [0.25, 0.3) is 0 Å². The number of ether oxygens (including phenoxy) is 1. The number of hydrogen-bond donors (Lipinski definition) is 1. The SMILES string of the molecule is CCCCCCCCc1cccc(NC(=O)O[C@@H](C)CN2CCCCC2)c1. The van der Waals surface area contributed by atoms with E-state index in [0.717, 1.165) is 31.7 Å². The Balaban J connectivity index is 1.68. The van der Waals surface area contributed by atoms with Crippen molar-refractivity contribution in [3.63, 3.8) is 0 Å². The molecule has 0 saturated carbocycles. The number of piperidine rings is 1. The van der Waals surface area contributed by atoms with Crippen LogP contribution >= 0.6 is 0 Å². The zero-order valence-electron chi connectivity index (χ0n) is 17.3. The molecule has 0 radical (unpaired) electrons. The highest BCUT2D eigenvalue weighted by atomic mass is 16.6. The molecule has 4 heteroatoms. The van der Waals surface area contributed by atoms with Gasteiger partial charge in [0.25, 0.3) is 0 Å². The van der Waals surface area contributed by atoms with E-state index in [4.69, 9.17) is 4.74 Å². The maximum absolute atomic E-state index is 12.2. The predicted octanol–water partition coefficient (Wildman–Crippen LogP) is 6.01. The van der Waals surface area contributed by atoms with Crippen molar-refractivity contribution in [1.82, 2.24) is 4.90 Å². The van der Waals surface area contributed by atoms with E-state index in [2.05, 4.69) is 29.3 Å². The van der Waals surface area contributed by atoms with Gasteiger partial charge in [-0.2, -0.15) is 0 Å². The predicted molar refractivity (Wildman–Crippen MR) is 113 cm³/mol. The smallest absolute Gasteiger partial charge is 0.411 e. The summed E-state index contributed by atoms with van der Waals surface area (Å²) in [5, 5.41) is 2.89. The third-order valence-corrected chi connectivity index (χ3v) is 5.26. The zero-order chi connectivity index (χ0) is 19.3. The van der Waals surface area contributed by atoms with Gasteiger partial charge in [0.05, 0.1) is 0 Å². The van der Waals surface area contributed by atoms with Gasteiger partial charge in [0.2, 0.25) is 0 Å². The maximum atomic E-state index is 12.2. The summed E-state index contributed by atoms with van der Waals surface area (Å²) < 4.78 is 5.54. The first kappa shape index (κ1) is 21.7. The van der Waals surface area contributed by atoms with Crippen LogP contribution in [0.1, 0.15) is 77.2 Å². The van der Waals surface area contributed by atoms with Gasteiger partial charge in [-0.3, -0.25) is 10.2 Å². The topological polar surface area (TPSA) is 41.6 Å². The Kier molecular flexibility index (Phi) is 10.3. The van der Waals surface area contributed by atoms with Crippen molar-refractivity contribution in [3.05, 3.63) is 29.8 Å². The number of nitrogens with one attached hydrogen (secondary N) is 1. The van der Waals surface area contributed by atoms with E-state index in [1.54, 1.807) is 0 Å². The minimum Gasteiger partial charge on any atom is -0.445 e. The van der Waals surface area contributed by atoms with E-state index in [9.17, 15) is 4.79 Å². The molecule has 2 rings (SSSR count). The van der Waals surface area contributed by atoms with E-state index in [1.165, 1.54) is 63.4 Å². The van der Waals surface area contributed by atoms with E-state index in [1.807, 2.05) is 19.1 Å². The molecule has 0 unspecified atom stereocenters. The summed E-state index contributed by atoms with van der Waals surface area (Å²) in [6.07, 6.45) is 12.3. The fourth-order valence-corrected chi connectivity index (χ4v) is 3.79. The second kappa shape index (κ2) is 12.8. The first-order valence-corrected chi connectivity index (χ1v) is 11.0. The van der Waals surface area contributed by atoms with Gasteiger partial charge in [-0.15, -0.1) is 0 Å². The third kappa shape index (κ3) is 9.28. The highest BCUT2D eigenvalue weighted by Gasteiger charge is 2.16. The third-order valence-electron chi connectivity index (χ3n) is 5.26. The molecule has 4 nitrogen and oxygen atoms in total. The van der Waals surface area contributed by atoms with Crippen LogP contribution in [0.15, 0.2) is 24.3 Å². The van der Waals surface area contributed by atoms with Crippen LogP contribution < -0.4 is 5.32 Å². The largest absolute Gasteiger partial charge is 0.445 e. The molecule has 152 valence electrons. The average Bonchev–Trinajstić information content (AvgIpc) is 2.65. The summed E-state index contributed by atoms with van der Waals surface area (Å²) in [5.74, 6) is 0. The maximum Gasteiger partial charge on any atom is 0.411 e. The number of rotatable bonds is 11. The molecule has 0 aliphatic carbocycles. The first-order valence-electron chi connectivity index (χ1n) is 11.0. The molecule has 1 aromatic carbocycles. The number of benzene rings is 1. The number of likely N-dealkylation sites (tertiary alicyclic amines) is 1. The summed E-state index contributed by atoms with van der Waals surface area (Å²) in [4.78, 5) is 14.6. The zero-order valence-corrected chi connectivity index (χ0v) is 17.3. The molecule has 0 aromatic heterocycles. The summed E-state index contributed by atoms with van der Waals surface area (Å²) in [6, 6.07) is 8.16. The number of amides is 1. The molecule has 27 heavy (non-hydrogen) atoms. The van der Waals surface area contributed by atoms with Crippen molar-refractivity contribution < 1.29 is 9.53 Å². The van der Waals surface area contributed by atoms with E-state index < -0.39 is 0 Å². The van der Waals surface area contributed by atoms with Gasteiger partial charge in [0.1, 0.15) is 6.10 Å². The van der Waals surface area contributed by atoms with E-state index in [-0.39, 0.29) is 12.2 Å². The lowest BCUT2D eigenvalue weighted by molar-refractivity contribution is 0.0833. The molecule has 1 atom stereocenters. The van der Waals surface area contributed by atoms with E-state index >= 15 is 0 Å². The van der Waals surface area contributed by atoms with Crippen molar-refractivity contribution in [3.8, 4) is 0 Å². The van der Waals surface area contributed by atoms with Crippen LogP contribution in [0, 0.1) is 0 Å². The monoisotopic (exact) mass is 374 g/mol. The van der Waals surface area contributed by atoms with Gasteiger partial charge in [-0.1, -0.05) is 57.6 Å². The van der Waals surface area contributed by atoms with Crippen LogP contribution in [0.2, 0.25) is 0 Å². The highest BCUT2D eigenvalue weighted by Crippen LogP contribution is 2.15. The summed E-state index contributed by atoms with van der Waals surface area (Å²) in [6.45, 7) is 7.29. The van der Waals surface area contributed by atoms with Crippen molar-refractivity contribution in [2.75, 3.05) is 25.0 Å². The van der Waals surface area contributed by atoms with Crippen LogP contribution in [-0.4, -0.2) is 36.7 Å². The molecule has 0 spiro atoms. The number of unbranched alkanes of at least 4 members (excludes halogenated alkanes) is 5. The highest BCUT2D eigenvalue weighted by molar-refractivity contribution is 5.84. The van der Waals surface area contributed by atoms with Crippen molar-refractivity contribution in [2.45, 2.75) is 84.2 Å². The number of hydrogen-bond acceptors (Lipinski definition) is 3. The molecule has 1 amide bonds. The fourth-order valence-electron chi connectivity index (χ4n) is 3.79. The van der Waals surface area contributed by atoms with E-state index in [0.29, 0.717) is 0 Å². The molecule has 1 aliphatic heterocycles. The minimum absolute atomic E-state index is 0.0885. The van der Waals surface area contributed by atoms with Gasteiger partial charge < -0.3 is 4.74 Å². The molecule has 0 bridgehead atoms. The Bertz CT molecular complexity index is 541. The molecule has 1 saturated heterocycles. The van der Waals surface area contributed by atoms with Crippen LogP contribution in [0.3, 0.4) is 0 Å². The number of carbonyl (C=O) groups is 1. The Morgan fingerprint density at radius 2 is 1.85 bits per heavy atom. The number of nitrogens with zero attached hydrogens (tertiary/aromatic N) is 1. The molecular formula is C23H38N2O2. The Labute approximate surface area is 165 Å². The lowest BCUT2D eigenvalue weighted by Gasteiger charge is -2.28. The molecular weight excluding hydrogens is 336 g/mol. The summed E-state index contributed by atoms with van der Waals surface area (Å²) >= 11 is 0.